The summed E-state index contributed by atoms with van der Waals surface area (Å²) in [5, 5.41) is 2.60. The minimum absolute atomic E-state index is 0.000272. The van der Waals surface area contributed by atoms with Crippen LogP contribution in [0, 0.1) is 12.7 Å². The summed E-state index contributed by atoms with van der Waals surface area (Å²) in [6.07, 6.45) is 3.19. The standard InChI is InChI=1S/C13H10BrFN2O/c1-8-4-10(7-16-6-8)17-13(18)11-3-2-9(14)5-12(11)15/h2-7H,1H3,(H,17,18). The number of pyridine rings is 1. The normalized spacial score (nSPS) is 10.2. The summed E-state index contributed by atoms with van der Waals surface area (Å²) in [6.45, 7) is 1.86. The lowest BCUT2D eigenvalue weighted by atomic mass is 10.2. The molecule has 3 nitrogen and oxygen atoms in total. The van der Waals surface area contributed by atoms with Crippen LogP contribution >= 0.6 is 15.9 Å². The number of anilines is 1. The maximum absolute atomic E-state index is 13.6. The molecule has 0 spiro atoms. The van der Waals surface area contributed by atoms with Gasteiger partial charge in [-0.2, -0.15) is 0 Å². The molecule has 92 valence electrons. The van der Waals surface area contributed by atoms with E-state index in [-0.39, 0.29) is 5.56 Å². The van der Waals surface area contributed by atoms with Gasteiger partial charge in [-0.3, -0.25) is 9.78 Å². The van der Waals surface area contributed by atoms with Crippen molar-refractivity contribution in [3.05, 3.63) is 58.1 Å². The number of rotatable bonds is 2. The van der Waals surface area contributed by atoms with Crippen molar-refractivity contribution in [1.82, 2.24) is 4.98 Å². The van der Waals surface area contributed by atoms with Crippen LogP contribution in [0.1, 0.15) is 15.9 Å². The van der Waals surface area contributed by atoms with Gasteiger partial charge < -0.3 is 5.32 Å². The number of nitrogens with one attached hydrogen (secondary N) is 1. The molecule has 5 heteroatoms. The zero-order valence-corrected chi connectivity index (χ0v) is 11.2. The fourth-order valence-corrected chi connectivity index (χ4v) is 1.83. The molecule has 1 amide bonds. The van der Waals surface area contributed by atoms with Crippen LogP contribution in [-0.2, 0) is 0 Å². The Morgan fingerprint density at radius 3 is 2.78 bits per heavy atom. The minimum Gasteiger partial charge on any atom is -0.320 e. The zero-order chi connectivity index (χ0) is 13.1. The molecule has 0 radical (unpaired) electrons. The second-order valence-electron chi connectivity index (χ2n) is 3.83. The Hall–Kier alpha value is -1.75. The van der Waals surface area contributed by atoms with Gasteiger partial charge in [0.1, 0.15) is 5.82 Å². The number of halogens is 2. The number of benzene rings is 1. The van der Waals surface area contributed by atoms with Crippen LogP contribution in [0.25, 0.3) is 0 Å². The first-order chi connectivity index (χ1) is 8.56. The molecule has 0 aliphatic heterocycles. The molecule has 1 heterocycles. The molecular formula is C13H10BrFN2O. The molecule has 0 aliphatic carbocycles. The van der Waals surface area contributed by atoms with Gasteiger partial charge in [-0.05, 0) is 36.8 Å². The van der Waals surface area contributed by atoms with Gasteiger partial charge in [-0.1, -0.05) is 15.9 Å². The SMILES string of the molecule is Cc1cncc(NC(=O)c2ccc(Br)cc2F)c1. The van der Waals surface area contributed by atoms with Crippen molar-refractivity contribution < 1.29 is 9.18 Å². The van der Waals surface area contributed by atoms with Crippen LogP contribution < -0.4 is 5.32 Å². The first kappa shape index (κ1) is 12.7. The van der Waals surface area contributed by atoms with E-state index in [2.05, 4.69) is 26.2 Å². The molecule has 2 aromatic rings. The monoisotopic (exact) mass is 308 g/mol. The maximum atomic E-state index is 13.6. The third-order valence-corrected chi connectivity index (χ3v) is 2.80. The maximum Gasteiger partial charge on any atom is 0.258 e. The van der Waals surface area contributed by atoms with E-state index in [1.807, 2.05) is 6.92 Å². The predicted octanol–water partition coefficient (Wildman–Crippen LogP) is 3.54. The molecule has 0 fully saturated rings. The highest BCUT2D eigenvalue weighted by atomic mass is 79.9. The fourth-order valence-electron chi connectivity index (χ4n) is 1.50. The van der Waals surface area contributed by atoms with Crippen molar-refractivity contribution >= 4 is 27.5 Å². The average Bonchev–Trinajstić information content (AvgIpc) is 2.28. The predicted molar refractivity (Wildman–Crippen MR) is 71.0 cm³/mol. The highest BCUT2D eigenvalue weighted by molar-refractivity contribution is 9.10. The van der Waals surface area contributed by atoms with Crippen LogP contribution in [0.3, 0.4) is 0 Å². The molecule has 0 bridgehead atoms. The van der Waals surface area contributed by atoms with Gasteiger partial charge in [-0.25, -0.2) is 4.39 Å². The van der Waals surface area contributed by atoms with Crippen LogP contribution in [-0.4, -0.2) is 10.9 Å². The van der Waals surface area contributed by atoms with Crippen LogP contribution in [0.5, 0.6) is 0 Å². The van der Waals surface area contributed by atoms with E-state index >= 15 is 0 Å². The van der Waals surface area contributed by atoms with Crippen molar-refractivity contribution in [3.8, 4) is 0 Å². The molecule has 1 aromatic carbocycles. The molecule has 2 rings (SSSR count). The Morgan fingerprint density at radius 1 is 1.33 bits per heavy atom. The van der Waals surface area contributed by atoms with E-state index < -0.39 is 11.7 Å². The van der Waals surface area contributed by atoms with E-state index in [4.69, 9.17) is 0 Å². The minimum atomic E-state index is -0.567. The van der Waals surface area contributed by atoms with Gasteiger partial charge in [0.05, 0.1) is 17.4 Å². The average molecular weight is 309 g/mol. The number of carbonyl (C=O) groups excluding carboxylic acids is 1. The van der Waals surface area contributed by atoms with E-state index in [1.165, 1.54) is 18.3 Å². The first-order valence-electron chi connectivity index (χ1n) is 5.24. The van der Waals surface area contributed by atoms with Gasteiger partial charge in [0.15, 0.2) is 0 Å². The number of aryl methyl sites for hydroxylation is 1. The third-order valence-electron chi connectivity index (χ3n) is 2.31. The molecule has 1 aromatic heterocycles. The molecule has 0 unspecified atom stereocenters. The molecule has 0 saturated carbocycles. The Bertz CT molecular complexity index is 601. The molecule has 0 aliphatic rings. The summed E-state index contributed by atoms with van der Waals surface area (Å²) >= 11 is 3.14. The number of nitrogens with zero attached hydrogens (tertiary/aromatic N) is 1. The number of amides is 1. The molecule has 0 saturated heterocycles. The van der Waals surface area contributed by atoms with Crippen LogP contribution in [0.4, 0.5) is 10.1 Å². The second-order valence-corrected chi connectivity index (χ2v) is 4.74. The summed E-state index contributed by atoms with van der Waals surface area (Å²) in [5.74, 6) is -1.06. The number of hydrogen-bond acceptors (Lipinski definition) is 2. The Kier molecular flexibility index (Phi) is 3.72. The quantitative estimate of drug-likeness (QED) is 0.922. The second kappa shape index (κ2) is 5.27. The molecule has 0 atom stereocenters. The smallest absolute Gasteiger partial charge is 0.258 e. The Morgan fingerprint density at radius 2 is 2.11 bits per heavy atom. The molecular weight excluding hydrogens is 299 g/mol. The lowest BCUT2D eigenvalue weighted by Gasteiger charge is -2.06. The lowest BCUT2D eigenvalue weighted by molar-refractivity contribution is 0.102. The summed E-state index contributed by atoms with van der Waals surface area (Å²) < 4.78 is 14.2. The van der Waals surface area contributed by atoms with Gasteiger partial charge in [0, 0.05) is 10.7 Å². The Labute approximate surface area is 112 Å². The van der Waals surface area contributed by atoms with Gasteiger partial charge in [0.2, 0.25) is 0 Å². The third kappa shape index (κ3) is 2.92. The summed E-state index contributed by atoms with van der Waals surface area (Å²) in [6, 6.07) is 6.07. The van der Waals surface area contributed by atoms with Crippen molar-refractivity contribution in [3.63, 3.8) is 0 Å². The summed E-state index contributed by atoms with van der Waals surface area (Å²) in [7, 11) is 0. The zero-order valence-electron chi connectivity index (χ0n) is 9.58. The van der Waals surface area contributed by atoms with Crippen molar-refractivity contribution in [2.24, 2.45) is 0 Å². The number of carbonyl (C=O) groups is 1. The van der Waals surface area contributed by atoms with Gasteiger partial charge in [-0.15, -0.1) is 0 Å². The highest BCUT2D eigenvalue weighted by Gasteiger charge is 2.12. The Balaban J connectivity index is 2.22. The largest absolute Gasteiger partial charge is 0.320 e. The van der Waals surface area contributed by atoms with E-state index in [9.17, 15) is 9.18 Å². The van der Waals surface area contributed by atoms with Gasteiger partial charge in [0.25, 0.3) is 5.91 Å². The fraction of sp³-hybridized carbons (Fsp3) is 0.0769. The molecule has 18 heavy (non-hydrogen) atoms. The van der Waals surface area contributed by atoms with E-state index in [1.54, 1.807) is 18.3 Å². The number of hydrogen-bond donors (Lipinski definition) is 1. The first-order valence-corrected chi connectivity index (χ1v) is 6.03. The molecule has 1 N–H and O–H groups in total. The topological polar surface area (TPSA) is 42.0 Å². The number of aromatic nitrogens is 1. The van der Waals surface area contributed by atoms with Crippen LogP contribution in [0.15, 0.2) is 41.1 Å². The van der Waals surface area contributed by atoms with Crippen molar-refractivity contribution in [1.29, 1.82) is 0 Å². The van der Waals surface area contributed by atoms with Gasteiger partial charge >= 0.3 is 0 Å². The summed E-state index contributed by atoms with van der Waals surface area (Å²) in [5.41, 5.74) is 1.46. The highest BCUT2D eigenvalue weighted by Crippen LogP contribution is 2.17. The van der Waals surface area contributed by atoms with E-state index in [0.29, 0.717) is 10.2 Å². The lowest BCUT2D eigenvalue weighted by Crippen LogP contribution is -2.13. The van der Waals surface area contributed by atoms with Crippen molar-refractivity contribution in [2.45, 2.75) is 6.92 Å². The van der Waals surface area contributed by atoms with E-state index in [0.717, 1.165) is 5.56 Å². The van der Waals surface area contributed by atoms with Crippen LogP contribution in [0.2, 0.25) is 0 Å². The van der Waals surface area contributed by atoms with Crippen molar-refractivity contribution in [2.75, 3.05) is 5.32 Å². The summed E-state index contributed by atoms with van der Waals surface area (Å²) in [4.78, 5) is 15.8.